The Kier molecular flexibility index (Phi) is 4.39. The van der Waals surface area contributed by atoms with E-state index in [1.807, 2.05) is 18.2 Å². The molecule has 1 aromatic heterocycles. The number of anilines is 1. The van der Waals surface area contributed by atoms with Gasteiger partial charge in [-0.25, -0.2) is 4.98 Å². The topological polar surface area (TPSA) is 34.1 Å². The highest BCUT2D eigenvalue weighted by molar-refractivity contribution is 5.44. The lowest BCUT2D eigenvalue weighted by atomic mass is 10.1. The van der Waals surface area contributed by atoms with Crippen molar-refractivity contribution in [1.29, 1.82) is 0 Å². The molecule has 3 heteroatoms. The zero-order valence-corrected chi connectivity index (χ0v) is 11.7. The van der Waals surface area contributed by atoms with E-state index in [0.29, 0.717) is 0 Å². The fraction of sp³-hybridized carbons (Fsp3) is 0.312. The third kappa shape index (κ3) is 3.71. The van der Waals surface area contributed by atoms with Crippen molar-refractivity contribution in [3.8, 4) is 11.5 Å². The number of nitrogens with one attached hydrogen (secondary N) is 1. The van der Waals surface area contributed by atoms with Crippen LogP contribution in [0.4, 0.5) is 5.82 Å². The van der Waals surface area contributed by atoms with E-state index >= 15 is 0 Å². The van der Waals surface area contributed by atoms with Crippen molar-refractivity contribution in [2.75, 3.05) is 11.9 Å². The maximum absolute atomic E-state index is 5.90. The van der Waals surface area contributed by atoms with Crippen LogP contribution in [-0.2, 0) is 0 Å². The molecule has 1 heterocycles. The molecule has 0 aliphatic heterocycles. The molecule has 0 saturated carbocycles. The van der Waals surface area contributed by atoms with Crippen LogP contribution >= 0.6 is 0 Å². The van der Waals surface area contributed by atoms with Crippen LogP contribution in [-0.4, -0.2) is 11.5 Å². The molecule has 0 aliphatic rings. The summed E-state index contributed by atoms with van der Waals surface area (Å²) in [7, 11) is 0. The number of hydrogen-bond acceptors (Lipinski definition) is 3. The average molecular weight is 256 g/mol. The normalized spacial score (nSPS) is 10.3. The number of rotatable bonds is 5. The van der Waals surface area contributed by atoms with Gasteiger partial charge < -0.3 is 10.1 Å². The summed E-state index contributed by atoms with van der Waals surface area (Å²) < 4.78 is 5.90. The van der Waals surface area contributed by atoms with Crippen molar-refractivity contribution >= 4 is 5.82 Å². The lowest BCUT2D eigenvalue weighted by Gasteiger charge is -2.10. The fourth-order valence-electron chi connectivity index (χ4n) is 1.87. The van der Waals surface area contributed by atoms with Gasteiger partial charge in [0.15, 0.2) is 0 Å². The van der Waals surface area contributed by atoms with Gasteiger partial charge in [-0.15, -0.1) is 0 Å². The summed E-state index contributed by atoms with van der Waals surface area (Å²) in [5.41, 5.74) is 2.38. The van der Waals surface area contributed by atoms with Crippen molar-refractivity contribution in [2.24, 2.45) is 0 Å². The average Bonchev–Trinajstić information content (AvgIpc) is 2.40. The zero-order chi connectivity index (χ0) is 13.7. The quantitative estimate of drug-likeness (QED) is 0.865. The lowest BCUT2D eigenvalue weighted by molar-refractivity contribution is 0.478. The Labute approximate surface area is 114 Å². The summed E-state index contributed by atoms with van der Waals surface area (Å²) in [6.45, 7) is 7.18. The predicted octanol–water partition coefficient (Wildman–Crippen LogP) is 4.31. The van der Waals surface area contributed by atoms with Gasteiger partial charge in [0.05, 0.1) is 0 Å². The Balaban J connectivity index is 2.14. The van der Waals surface area contributed by atoms with Crippen LogP contribution < -0.4 is 10.1 Å². The molecular weight excluding hydrogens is 236 g/mol. The van der Waals surface area contributed by atoms with Gasteiger partial charge in [0.1, 0.15) is 17.3 Å². The van der Waals surface area contributed by atoms with Gasteiger partial charge in [-0.1, -0.05) is 24.6 Å². The van der Waals surface area contributed by atoms with E-state index in [1.165, 1.54) is 5.56 Å². The first-order valence-electron chi connectivity index (χ1n) is 6.64. The maximum atomic E-state index is 5.90. The molecule has 0 amide bonds. The molecule has 2 rings (SSSR count). The molecule has 2 aromatic rings. The van der Waals surface area contributed by atoms with Crippen molar-refractivity contribution in [3.05, 3.63) is 47.7 Å². The van der Waals surface area contributed by atoms with Gasteiger partial charge in [-0.05, 0) is 38.0 Å². The van der Waals surface area contributed by atoms with E-state index in [4.69, 9.17) is 4.74 Å². The van der Waals surface area contributed by atoms with Crippen molar-refractivity contribution in [2.45, 2.75) is 27.2 Å². The van der Waals surface area contributed by atoms with Gasteiger partial charge in [0.25, 0.3) is 0 Å². The highest BCUT2D eigenvalue weighted by Gasteiger charge is 2.03. The Morgan fingerprint density at radius 1 is 1.16 bits per heavy atom. The Morgan fingerprint density at radius 2 is 2.00 bits per heavy atom. The molecule has 0 bridgehead atoms. The summed E-state index contributed by atoms with van der Waals surface area (Å²) >= 11 is 0. The number of hydrogen-bond donors (Lipinski definition) is 1. The van der Waals surface area contributed by atoms with Crippen molar-refractivity contribution in [1.82, 2.24) is 4.98 Å². The predicted molar refractivity (Wildman–Crippen MR) is 79.0 cm³/mol. The Morgan fingerprint density at radius 3 is 2.74 bits per heavy atom. The molecule has 1 aromatic carbocycles. The monoisotopic (exact) mass is 256 g/mol. The third-order valence-electron chi connectivity index (χ3n) is 2.85. The summed E-state index contributed by atoms with van der Waals surface area (Å²) in [4.78, 5) is 4.26. The second-order valence-corrected chi connectivity index (χ2v) is 4.67. The molecule has 3 nitrogen and oxygen atoms in total. The first-order chi connectivity index (χ1) is 9.19. The standard InChI is InChI=1S/C16H20N2O/c1-4-8-17-16-11-14(7-9-18-16)19-15-6-5-12(2)10-13(15)3/h5-7,9-11H,4,8H2,1-3H3,(H,17,18). The molecule has 1 N–H and O–H groups in total. The minimum absolute atomic E-state index is 0.806. The second-order valence-electron chi connectivity index (χ2n) is 4.67. The van der Waals surface area contributed by atoms with Crippen molar-refractivity contribution in [3.63, 3.8) is 0 Å². The van der Waals surface area contributed by atoms with E-state index < -0.39 is 0 Å². The van der Waals surface area contributed by atoms with Gasteiger partial charge in [0.2, 0.25) is 0 Å². The van der Waals surface area contributed by atoms with Crippen molar-refractivity contribution < 1.29 is 4.74 Å². The number of nitrogens with zero attached hydrogens (tertiary/aromatic N) is 1. The molecule has 0 atom stereocenters. The van der Waals surface area contributed by atoms with E-state index in [9.17, 15) is 0 Å². The molecule has 0 radical (unpaired) electrons. The minimum atomic E-state index is 0.806. The van der Waals surface area contributed by atoms with E-state index in [-0.39, 0.29) is 0 Å². The molecule has 19 heavy (non-hydrogen) atoms. The van der Waals surface area contributed by atoms with Gasteiger partial charge in [-0.2, -0.15) is 0 Å². The van der Waals surface area contributed by atoms with Crippen LogP contribution in [0, 0.1) is 13.8 Å². The third-order valence-corrected chi connectivity index (χ3v) is 2.85. The van der Waals surface area contributed by atoms with Gasteiger partial charge in [-0.3, -0.25) is 0 Å². The molecule has 0 unspecified atom stereocenters. The van der Waals surface area contributed by atoms with Crippen LogP contribution in [0.25, 0.3) is 0 Å². The SMILES string of the molecule is CCCNc1cc(Oc2ccc(C)cc2C)ccn1. The smallest absolute Gasteiger partial charge is 0.132 e. The molecule has 0 saturated heterocycles. The largest absolute Gasteiger partial charge is 0.457 e. The number of aromatic nitrogens is 1. The second kappa shape index (κ2) is 6.23. The highest BCUT2D eigenvalue weighted by atomic mass is 16.5. The van der Waals surface area contributed by atoms with E-state index in [2.05, 4.69) is 43.2 Å². The number of benzene rings is 1. The van der Waals surface area contributed by atoms with E-state index in [1.54, 1.807) is 6.20 Å². The number of ether oxygens (including phenoxy) is 1. The number of aryl methyl sites for hydroxylation is 2. The lowest BCUT2D eigenvalue weighted by Crippen LogP contribution is -2.01. The summed E-state index contributed by atoms with van der Waals surface area (Å²) in [6, 6.07) is 9.97. The van der Waals surface area contributed by atoms with Crippen LogP contribution in [0.1, 0.15) is 24.5 Å². The van der Waals surface area contributed by atoms with E-state index in [0.717, 1.165) is 35.8 Å². The molecule has 0 aliphatic carbocycles. The zero-order valence-electron chi connectivity index (χ0n) is 11.7. The highest BCUT2D eigenvalue weighted by Crippen LogP contribution is 2.26. The molecule has 0 fully saturated rings. The van der Waals surface area contributed by atoms with Crippen LogP contribution in [0.2, 0.25) is 0 Å². The van der Waals surface area contributed by atoms with Crippen LogP contribution in [0.15, 0.2) is 36.5 Å². The van der Waals surface area contributed by atoms with Crippen LogP contribution in [0.5, 0.6) is 11.5 Å². The first-order valence-corrected chi connectivity index (χ1v) is 6.64. The fourth-order valence-corrected chi connectivity index (χ4v) is 1.87. The van der Waals surface area contributed by atoms with Gasteiger partial charge >= 0.3 is 0 Å². The summed E-state index contributed by atoms with van der Waals surface area (Å²) in [5.74, 6) is 2.54. The van der Waals surface area contributed by atoms with Crippen LogP contribution in [0.3, 0.4) is 0 Å². The van der Waals surface area contributed by atoms with Gasteiger partial charge in [0, 0.05) is 18.8 Å². The Hall–Kier alpha value is -2.03. The summed E-state index contributed by atoms with van der Waals surface area (Å²) in [5, 5.41) is 3.25. The molecule has 100 valence electrons. The molecular formula is C16H20N2O. The summed E-state index contributed by atoms with van der Waals surface area (Å²) in [6.07, 6.45) is 2.83. The first kappa shape index (κ1) is 13.4. The minimum Gasteiger partial charge on any atom is -0.457 e. The molecule has 0 spiro atoms. The maximum Gasteiger partial charge on any atom is 0.132 e. The Bertz CT molecular complexity index is 552. The number of pyridine rings is 1.